The topological polar surface area (TPSA) is 190 Å². The summed E-state index contributed by atoms with van der Waals surface area (Å²) in [7, 11) is 0.845. The Morgan fingerprint density at radius 1 is 0.740 bits per heavy atom. The quantitative estimate of drug-likeness (QED) is 0.0706. The molecule has 0 spiro atoms. The van der Waals surface area contributed by atoms with Gasteiger partial charge in [-0.15, -0.1) is 0 Å². The Bertz CT molecular complexity index is 3290. The van der Waals surface area contributed by atoms with Gasteiger partial charge in [0.15, 0.2) is 5.82 Å². The number of carbonyl (C=O) groups is 4. The summed E-state index contributed by atoms with van der Waals surface area (Å²) in [5.74, 6) is -0.0607. The van der Waals surface area contributed by atoms with E-state index in [0.29, 0.717) is 62.3 Å². The first-order valence-corrected chi connectivity index (χ1v) is 29.5. The lowest BCUT2D eigenvalue weighted by Gasteiger charge is -2.44. The number of halogens is 1. The molecule has 0 aliphatic carbocycles. The van der Waals surface area contributed by atoms with Gasteiger partial charge in [-0.05, 0) is 98.9 Å². The Kier molecular flexibility index (Phi) is 14.7. The van der Waals surface area contributed by atoms with Gasteiger partial charge in [0.2, 0.25) is 17.8 Å². The summed E-state index contributed by atoms with van der Waals surface area (Å²) in [6.07, 6.45) is 9.85. The predicted molar refractivity (Wildman–Crippen MR) is 301 cm³/mol. The third-order valence-electron chi connectivity index (χ3n) is 15.9. The van der Waals surface area contributed by atoms with Crippen LogP contribution in [0, 0.1) is 5.92 Å². The predicted octanol–water partition coefficient (Wildman–Crippen LogP) is 7.85. The van der Waals surface area contributed by atoms with Crippen LogP contribution in [-0.2, 0) is 21.2 Å². The van der Waals surface area contributed by atoms with E-state index in [0.717, 1.165) is 123 Å². The highest BCUT2D eigenvalue weighted by Crippen LogP contribution is 2.43. The number of ether oxygens (including phenoxy) is 1. The van der Waals surface area contributed by atoms with Gasteiger partial charge in [-0.25, -0.2) is 4.98 Å². The second kappa shape index (κ2) is 21.7. The molecule has 4 amide bonds. The molecule has 4 fully saturated rings. The van der Waals surface area contributed by atoms with Crippen molar-refractivity contribution >= 4 is 82.2 Å². The number of piperidine rings is 3. The number of imide groups is 2. The first-order valence-electron chi connectivity index (χ1n) is 26.5. The molecular weight excluding hydrogens is 1020 g/mol. The summed E-state index contributed by atoms with van der Waals surface area (Å²) >= 11 is 6.72. The SMILES string of the molecule is COc1cc(N2CCC(N3CCN(CC4CCN(c5ccc6c(c5)C(=O)N(C5CCC(=O)NC5=O)C6=O)CC4)CC3)CC2)c(-c2cnn(C)c2)cc1Nc1ncc(Cl)c(Nc2ccc(-c3ccccc3)cc2P(C)(C)=O)n1. The lowest BCUT2D eigenvalue weighted by molar-refractivity contribution is -0.136. The van der Waals surface area contributed by atoms with E-state index in [1.54, 1.807) is 38.8 Å². The molecule has 0 saturated carbocycles. The number of hydrogen-bond donors (Lipinski definition) is 3. The van der Waals surface area contributed by atoms with Gasteiger partial charge in [0, 0.05) is 118 Å². The Morgan fingerprint density at radius 3 is 2.18 bits per heavy atom. The number of rotatable bonds is 14. The molecule has 4 saturated heterocycles. The number of hydrogen-bond acceptors (Lipinski definition) is 15. The van der Waals surface area contributed by atoms with Crippen LogP contribution in [0.2, 0.25) is 5.02 Å². The lowest BCUT2D eigenvalue weighted by atomic mass is 9.95. The van der Waals surface area contributed by atoms with Gasteiger partial charge in [-0.3, -0.25) is 39.0 Å². The highest BCUT2D eigenvalue weighted by atomic mass is 35.5. The summed E-state index contributed by atoms with van der Waals surface area (Å²) in [4.78, 5) is 71.4. The van der Waals surface area contributed by atoms with Crippen molar-refractivity contribution in [2.45, 2.75) is 50.6 Å². The fourth-order valence-corrected chi connectivity index (χ4v) is 13.0. The van der Waals surface area contributed by atoms with E-state index in [4.69, 9.17) is 21.3 Å². The maximum Gasteiger partial charge on any atom is 0.262 e. The van der Waals surface area contributed by atoms with E-state index in [1.165, 1.54) is 0 Å². The number of aromatic nitrogens is 4. The van der Waals surface area contributed by atoms with Crippen molar-refractivity contribution in [3.63, 3.8) is 0 Å². The number of piperazine rings is 1. The lowest BCUT2D eigenvalue weighted by Crippen LogP contribution is -2.54. The molecule has 4 aromatic carbocycles. The molecule has 3 N–H and O–H groups in total. The van der Waals surface area contributed by atoms with Crippen LogP contribution in [0.3, 0.4) is 0 Å². The Morgan fingerprint density at radius 2 is 1.48 bits per heavy atom. The van der Waals surface area contributed by atoms with Crippen molar-refractivity contribution in [1.82, 2.24) is 39.8 Å². The minimum atomic E-state index is -2.74. The van der Waals surface area contributed by atoms with E-state index < -0.39 is 30.9 Å². The van der Waals surface area contributed by atoms with Crippen LogP contribution < -0.4 is 35.8 Å². The van der Waals surface area contributed by atoms with Gasteiger partial charge in [-0.2, -0.15) is 10.1 Å². The minimum Gasteiger partial charge on any atom is -0.494 e. The van der Waals surface area contributed by atoms with Crippen molar-refractivity contribution in [3.8, 4) is 28.0 Å². The van der Waals surface area contributed by atoms with Crippen LogP contribution in [0.5, 0.6) is 5.75 Å². The highest BCUT2D eigenvalue weighted by Gasteiger charge is 2.45. The molecule has 0 radical (unpaired) electrons. The first-order chi connectivity index (χ1) is 37.2. The van der Waals surface area contributed by atoms with Crippen molar-refractivity contribution in [1.29, 1.82) is 0 Å². The summed E-state index contributed by atoms with van der Waals surface area (Å²) in [5.41, 5.74) is 7.92. The number of nitrogens with zero attached hydrogens (tertiary/aromatic N) is 9. The van der Waals surface area contributed by atoms with Crippen LogP contribution in [0.25, 0.3) is 22.3 Å². The highest BCUT2D eigenvalue weighted by molar-refractivity contribution is 7.70. The van der Waals surface area contributed by atoms with Gasteiger partial charge >= 0.3 is 0 Å². The van der Waals surface area contributed by atoms with Gasteiger partial charge in [0.25, 0.3) is 11.8 Å². The molecule has 2 aromatic heterocycles. The van der Waals surface area contributed by atoms with Gasteiger partial charge in [-0.1, -0.05) is 48.0 Å². The first kappa shape index (κ1) is 52.0. The summed E-state index contributed by atoms with van der Waals surface area (Å²) in [6.45, 7) is 12.3. The molecular formula is C57H64ClN12O6P. The average Bonchev–Trinajstić information content (AvgIpc) is 3.99. The number of anilines is 6. The molecule has 400 valence electrons. The maximum atomic E-state index is 13.7. The second-order valence-electron chi connectivity index (χ2n) is 21.2. The number of nitrogens with one attached hydrogen (secondary N) is 3. The van der Waals surface area contributed by atoms with Crippen LogP contribution in [0.15, 0.2) is 97.5 Å². The molecule has 18 nitrogen and oxygen atoms in total. The zero-order valence-corrected chi connectivity index (χ0v) is 45.5. The monoisotopic (exact) mass is 1080 g/mol. The summed E-state index contributed by atoms with van der Waals surface area (Å²) < 4.78 is 21.5. The molecule has 7 heterocycles. The molecule has 0 bridgehead atoms. The summed E-state index contributed by atoms with van der Waals surface area (Å²) in [6, 6.07) is 25.0. The Hall–Kier alpha value is -7.11. The zero-order chi connectivity index (χ0) is 53.5. The molecule has 20 heteroatoms. The van der Waals surface area contributed by atoms with Crippen LogP contribution >= 0.6 is 18.7 Å². The molecule has 5 aliphatic heterocycles. The molecule has 77 heavy (non-hydrogen) atoms. The van der Waals surface area contributed by atoms with E-state index in [9.17, 15) is 23.7 Å². The van der Waals surface area contributed by atoms with Gasteiger partial charge in [0.05, 0.1) is 42.0 Å². The fourth-order valence-electron chi connectivity index (χ4n) is 11.7. The third kappa shape index (κ3) is 10.9. The molecule has 1 unspecified atom stereocenters. The molecule has 6 aromatic rings. The largest absolute Gasteiger partial charge is 0.494 e. The van der Waals surface area contributed by atoms with Crippen molar-refractivity contribution in [2.75, 3.05) is 99.8 Å². The minimum absolute atomic E-state index is 0.0924. The van der Waals surface area contributed by atoms with Crippen LogP contribution in [-0.4, -0.2) is 150 Å². The number of carbonyl (C=O) groups excluding carboxylic acids is 4. The normalized spacial score (nSPS) is 19.2. The number of amides is 4. The Balaban J connectivity index is 0.699. The van der Waals surface area contributed by atoms with E-state index in [-0.39, 0.29) is 18.7 Å². The number of benzene rings is 4. The number of methoxy groups -OCH3 is 1. The number of aryl methyl sites for hydroxylation is 1. The smallest absolute Gasteiger partial charge is 0.262 e. The number of fused-ring (bicyclic) bond motifs is 1. The second-order valence-corrected chi connectivity index (χ2v) is 24.8. The van der Waals surface area contributed by atoms with E-state index >= 15 is 0 Å². The molecule has 11 rings (SSSR count). The van der Waals surface area contributed by atoms with Crippen molar-refractivity contribution < 1.29 is 28.5 Å². The molecule has 1 atom stereocenters. The third-order valence-corrected chi connectivity index (χ3v) is 17.7. The maximum absolute atomic E-state index is 13.7. The van der Waals surface area contributed by atoms with Gasteiger partial charge in [0.1, 0.15) is 24.0 Å². The van der Waals surface area contributed by atoms with Crippen molar-refractivity contribution in [3.05, 3.63) is 114 Å². The standard InChI is InChI=1S/C57H64ClN12O6P/c1-65-35-39(32-60-65)43-30-47(62-57-59-33-45(58)53(64-57)61-46-13-10-38(28-51(46)77(3,4)75)37-8-6-5-7-9-37)50(76-2)31-49(43)69-22-18-40(19-23-69)68-26-24-66(25-27-68)34-36-16-20-67(21-17-36)41-11-12-42-44(29-41)56(74)70(55(42)73)48-14-15-52(71)63-54(48)72/h5-13,28-33,35-36,40,48H,14-27,34H2,1-4H3,(H,63,71,72)(H2,59,61,62,64). The van der Waals surface area contributed by atoms with Crippen molar-refractivity contribution in [2.24, 2.45) is 13.0 Å². The summed E-state index contributed by atoms with van der Waals surface area (Å²) in [5, 5.41) is 14.6. The van der Waals surface area contributed by atoms with E-state index in [2.05, 4.69) is 57.8 Å². The average molecular weight is 1080 g/mol. The van der Waals surface area contributed by atoms with Crippen LogP contribution in [0.4, 0.5) is 34.5 Å². The molecule has 5 aliphatic rings. The fraction of sp³-hybridized carbons (Fsp3) is 0.386. The van der Waals surface area contributed by atoms with Gasteiger partial charge < -0.3 is 34.6 Å². The van der Waals surface area contributed by atoms with Crippen LogP contribution in [0.1, 0.15) is 59.2 Å². The zero-order valence-electron chi connectivity index (χ0n) is 43.9. The van der Waals surface area contributed by atoms with E-state index in [1.807, 2.05) is 78.7 Å². The Labute approximate surface area is 453 Å².